The molecule has 0 aliphatic heterocycles. The fourth-order valence-corrected chi connectivity index (χ4v) is 1.23. The number of oxime groups is 1. The van der Waals surface area contributed by atoms with Crippen molar-refractivity contribution < 1.29 is 9.60 Å². The molecule has 1 aromatic carbocycles. The van der Waals surface area contributed by atoms with Crippen LogP contribution in [0.2, 0.25) is 0 Å². The van der Waals surface area contributed by atoms with Crippen LogP contribution < -0.4 is 5.73 Å². The summed E-state index contributed by atoms with van der Waals surface area (Å²) in [6.07, 6.45) is 0.107. The Labute approximate surface area is 83.2 Å². The Hall–Kier alpha value is -1.10. The van der Waals surface area contributed by atoms with Crippen LogP contribution in [-0.2, 0) is 6.42 Å². The first-order chi connectivity index (χ1) is 6.13. The molecule has 70 valence electrons. The fourth-order valence-electron chi connectivity index (χ4n) is 0.896. The first kappa shape index (κ1) is 9.98. The summed E-state index contributed by atoms with van der Waals surface area (Å²) in [5.41, 5.74) is 5.63. The minimum absolute atomic E-state index is 0.0128. The van der Waals surface area contributed by atoms with Gasteiger partial charge in [0.15, 0.2) is 0 Å². The number of nitrogens with two attached hydrogens (primary N) is 1. The van der Waals surface area contributed by atoms with Crippen molar-refractivity contribution >= 4 is 21.8 Å². The van der Waals surface area contributed by atoms with Crippen molar-refractivity contribution in [1.29, 1.82) is 0 Å². The average Bonchev–Trinajstić information content (AvgIpc) is 2.09. The Kier molecular flexibility index (Phi) is 3.25. The van der Waals surface area contributed by atoms with E-state index in [0.717, 1.165) is 0 Å². The van der Waals surface area contributed by atoms with E-state index in [4.69, 9.17) is 10.9 Å². The summed E-state index contributed by atoms with van der Waals surface area (Å²) in [6.45, 7) is 0. The molecule has 0 amide bonds. The van der Waals surface area contributed by atoms with Gasteiger partial charge < -0.3 is 10.9 Å². The molecule has 0 saturated carbocycles. The van der Waals surface area contributed by atoms with Gasteiger partial charge in [0.2, 0.25) is 0 Å². The van der Waals surface area contributed by atoms with E-state index in [2.05, 4.69) is 21.1 Å². The number of amidine groups is 1. The molecule has 5 heteroatoms. The number of halogens is 2. The van der Waals surface area contributed by atoms with Gasteiger partial charge in [-0.15, -0.1) is 0 Å². The van der Waals surface area contributed by atoms with Gasteiger partial charge in [0.25, 0.3) is 0 Å². The lowest BCUT2D eigenvalue weighted by Gasteiger charge is -2.01. The van der Waals surface area contributed by atoms with E-state index in [9.17, 15) is 4.39 Å². The third-order valence-electron chi connectivity index (χ3n) is 1.52. The topological polar surface area (TPSA) is 58.6 Å². The molecule has 0 fully saturated rings. The summed E-state index contributed by atoms with van der Waals surface area (Å²) in [7, 11) is 0. The van der Waals surface area contributed by atoms with E-state index < -0.39 is 0 Å². The van der Waals surface area contributed by atoms with Crippen LogP contribution in [0.1, 0.15) is 5.56 Å². The van der Waals surface area contributed by atoms with Gasteiger partial charge in [0.05, 0.1) is 0 Å². The van der Waals surface area contributed by atoms with Crippen molar-refractivity contribution in [2.75, 3.05) is 0 Å². The minimum atomic E-state index is -0.374. The van der Waals surface area contributed by atoms with Gasteiger partial charge in [-0.3, -0.25) is 0 Å². The second-order valence-corrected chi connectivity index (χ2v) is 3.42. The van der Waals surface area contributed by atoms with Crippen LogP contribution in [0.3, 0.4) is 0 Å². The zero-order valence-corrected chi connectivity index (χ0v) is 8.25. The maximum Gasteiger partial charge on any atom is 0.143 e. The number of hydrogen-bond acceptors (Lipinski definition) is 2. The van der Waals surface area contributed by atoms with Gasteiger partial charge in [0, 0.05) is 10.9 Å². The zero-order valence-electron chi connectivity index (χ0n) is 6.67. The highest BCUT2D eigenvalue weighted by Gasteiger charge is 2.04. The molecule has 3 N–H and O–H groups in total. The molecule has 0 unspecified atom stereocenters. The lowest BCUT2D eigenvalue weighted by molar-refractivity contribution is 0.317. The summed E-state index contributed by atoms with van der Waals surface area (Å²) in [4.78, 5) is 0. The predicted octanol–water partition coefficient (Wildman–Crippen LogP) is 1.88. The van der Waals surface area contributed by atoms with E-state index in [-0.39, 0.29) is 18.1 Å². The van der Waals surface area contributed by atoms with Gasteiger partial charge >= 0.3 is 0 Å². The molecule has 0 heterocycles. The largest absolute Gasteiger partial charge is 0.409 e. The Morgan fingerprint density at radius 2 is 2.31 bits per heavy atom. The van der Waals surface area contributed by atoms with E-state index in [0.29, 0.717) is 10.0 Å². The van der Waals surface area contributed by atoms with Crippen molar-refractivity contribution in [3.8, 4) is 0 Å². The first-order valence-corrected chi connectivity index (χ1v) is 4.33. The Morgan fingerprint density at radius 3 is 2.85 bits per heavy atom. The van der Waals surface area contributed by atoms with Crippen LogP contribution in [-0.4, -0.2) is 11.0 Å². The first-order valence-electron chi connectivity index (χ1n) is 3.54. The van der Waals surface area contributed by atoms with Crippen LogP contribution in [0.4, 0.5) is 4.39 Å². The third-order valence-corrected chi connectivity index (χ3v) is 2.01. The minimum Gasteiger partial charge on any atom is -0.409 e. The van der Waals surface area contributed by atoms with E-state index in [1.165, 1.54) is 6.07 Å². The fraction of sp³-hybridized carbons (Fsp3) is 0.125. The predicted molar refractivity (Wildman–Crippen MR) is 51.2 cm³/mol. The second kappa shape index (κ2) is 4.23. The maximum absolute atomic E-state index is 13.1. The second-order valence-electron chi connectivity index (χ2n) is 2.50. The Balaban J connectivity index is 2.90. The number of nitrogens with zero attached hydrogens (tertiary/aromatic N) is 1. The van der Waals surface area contributed by atoms with Crippen LogP contribution in [0.15, 0.2) is 27.8 Å². The summed E-state index contributed by atoms with van der Waals surface area (Å²) >= 11 is 3.13. The zero-order chi connectivity index (χ0) is 9.84. The molecule has 1 aromatic rings. The van der Waals surface area contributed by atoms with Crippen LogP contribution >= 0.6 is 15.9 Å². The molecule has 3 nitrogen and oxygen atoms in total. The average molecular weight is 247 g/mol. The molecule has 0 aromatic heterocycles. The van der Waals surface area contributed by atoms with Crippen LogP contribution in [0.5, 0.6) is 0 Å². The SMILES string of the molecule is N/C(Cc1ccc(Br)cc1F)=N/O. The van der Waals surface area contributed by atoms with E-state index >= 15 is 0 Å². The Bertz CT molecular complexity index is 341. The van der Waals surface area contributed by atoms with Gasteiger partial charge in [-0.2, -0.15) is 0 Å². The smallest absolute Gasteiger partial charge is 0.143 e. The lowest BCUT2D eigenvalue weighted by Crippen LogP contribution is -2.15. The quantitative estimate of drug-likeness (QED) is 0.363. The monoisotopic (exact) mass is 246 g/mol. The highest BCUT2D eigenvalue weighted by Crippen LogP contribution is 2.15. The van der Waals surface area contributed by atoms with Gasteiger partial charge in [-0.25, -0.2) is 4.39 Å². The molecule has 0 atom stereocenters. The molecular weight excluding hydrogens is 239 g/mol. The van der Waals surface area contributed by atoms with Crippen molar-refractivity contribution in [3.05, 3.63) is 34.1 Å². The summed E-state index contributed by atoms with van der Waals surface area (Å²) in [6, 6.07) is 4.61. The van der Waals surface area contributed by atoms with Gasteiger partial charge in [0.1, 0.15) is 11.7 Å². The molecule has 0 radical (unpaired) electrons. The highest BCUT2D eigenvalue weighted by atomic mass is 79.9. The molecule has 0 saturated heterocycles. The Morgan fingerprint density at radius 1 is 1.62 bits per heavy atom. The third kappa shape index (κ3) is 2.69. The maximum atomic E-state index is 13.1. The number of hydrogen-bond donors (Lipinski definition) is 2. The molecular formula is C8H8BrFN2O. The number of benzene rings is 1. The van der Waals surface area contributed by atoms with Crippen molar-refractivity contribution in [1.82, 2.24) is 0 Å². The highest BCUT2D eigenvalue weighted by molar-refractivity contribution is 9.10. The number of rotatable bonds is 2. The van der Waals surface area contributed by atoms with Gasteiger partial charge in [-0.1, -0.05) is 27.2 Å². The normalized spacial score (nSPS) is 11.7. The van der Waals surface area contributed by atoms with Gasteiger partial charge in [-0.05, 0) is 17.7 Å². The molecule has 0 spiro atoms. The van der Waals surface area contributed by atoms with E-state index in [1.54, 1.807) is 12.1 Å². The standard InChI is InChI=1S/C8H8BrFN2O/c9-6-2-1-5(7(10)4-6)3-8(11)12-13/h1-2,4,13H,3H2,(H2,11,12). The summed E-state index contributed by atoms with van der Waals surface area (Å²) < 4.78 is 13.8. The molecule has 0 aliphatic carbocycles. The lowest BCUT2D eigenvalue weighted by atomic mass is 10.1. The van der Waals surface area contributed by atoms with Crippen LogP contribution in [0.25, 0.3) is 0 Å². The molecule has 1 rings (SSSR count). The summed E-state index contributed by atoms with van der Waals surface area (Å²) in [5, 5.41) is 11.0. The summed E-state index contributed by atoms with van der Waals surface area (Å²) in [5.74, 6) is -0.387. The van der Waals surface area contributed by atoms with Crippen molar-refractivity contribution in [2.24, 2.45) is 10.9 Å². The molecule has 0 bridgehead atoms. The van der Waals surface area contributed by atoms with E-state index in [1.807, 2.05) is 0 Å². The van der Waals surface area contributed by atoms with Crippen molar-refractivity contribution in [3.63, 3.8) is 0 Å². The molecule has 13 heavy (non-hydrogen) atoms. The van der Waals surface area contributed by atoms with Crippen molar-refractivity contribution in [2.45, 2.75) is 6.42 Å². The van der Waals surface area contributed by atoms with Crippen LogP contribution in [0, 0.1) is 5.82 Å². The molecule has 0 aliphatic rings.